The molecule has 20 heavy (non-hydrogen) atoms. The van der Waals surface area contributed by atoms with Gasteiger partial charge in [0.15, 0.2) is 10.8 Å². The molecule has 1 aliphatic rings. The van der Waals surface area contributed by atoms with Gasteiger partial charge >= 0.3 is 0 Å². The Morgan fingerprint density at radius 1 is 1.60 bits per heavy atom. The van der Waals surface area contributed by atoms with Gasteiger partial charge in [-0.25, -0.2) is 4.98 Å². The zero-order chi connectivity index (χ0) is 13.9. The van der Waals surface area contributed by atoms with Crippen LogP contribution < -0.4 is 10.6 Å². The first-order chi connectivity index (χ1) is 9.72. The Morgan fingerprint density at radius 2 is 2.50 bits per heavy atom. The fourth-order valence-corrected chi connectivity index (χ4v) is 3.04. The van der Waals surface area contributed by atoms with Gasteiger partial charge in [0.05, 0.1) is 0 Å². The number of aromatic nitrogens is 1. The first-order valence-corrected chi connectivity index (χ1v) is 7.64. The number of furan rings is 1. The number of thiazole rings is 1. The highest BCUT2D eigenvalue weighted by molar-refractivity contribution is 7.13. The average Bonchev–Trinajstić information content (AvgIpc) is 3.16. The van der Waals surface area contributed by atoms with Crippen molar-refractivity contribution in [2.75, 3.05) is 13.1 Å². The van der Waals surface area contributed by atoms with Gasteiger partial charge in [-0.3, -0.25) is 4.79 Å². The van der Waals surface area contributed by atoms with Gasteiger partial charge in [0.1, 0.15) is 11.5 Å². The van der Waals surface area contributed by atoms with Gasteiger partial charge in [-0.15, -0.1) is 11.3 Å². The summed E-state index contributed by atoms with van der Waals surface area (Å²) in [6.07, 6.45) is 2.30. The molecule has 6 heteroatoms. The molecule has 0 saturated carbocycles. The van der Waals surface area contributed by atoms with E-state index in [-0.39, 0.29) is 5.91 Å². The molecule has 5 nitrogen and oxygen atoms in total. The molecule has 1 unspecified atom stereocenters. The third-order valence-corrected chi connectivity index (χ3v) is 4.22. The first kappa shape index (κ1) is 13.3. The molecule has 106 valence electrons. The topological polar surface area (TPSA) is 67.2 Å². The average molecular weight is 291 g/mol. The number of hydrogen-bond donors (Lipinski definition) is 2. The van der Waals surface area contributed by atoms with E-state index >= 15 is 0 Å². The number of nitrogens with one attached hydrogen (secondary N) is 2. The second kappa shape index (κ2) is 5.76. The van der Waals surface area contributed by atoms with Crippen LogP contribution in [0.5, 0.6) is 0 Å². The Bertz CT molecular complexity index is 599. The SMILES string of the molecule is Cc1ccc(-c2nc(C(=O)NCC3CCCN3)cs2)o1. The normalized spacial score (nSPS) is 18.4. The van der Waals surface area contributed by atoms with Crippen LogP contribution in [0.25, 0.3) is 10.8 Å². The van der Waals surface area contributed by atoms with Crippen LogP contribution in [0.1, 0.15) is 29.1 Å². The van der Waals surface area contributed by atoms with Crippen LogP contribution in [0.3, 0.4) is 0 Å². The molecule has 3 heterocycles. The minimum Gasteiger partial charge on any atom is -0.459 e. The van der Waals surface area contributed by atoms with Crippen LogP contribution in [0.4, 0.5) is 0 Å². The predicted octanol–water partition coefficient (Wildman–Crippen LogP) is 2.19. The van der Waals surface area contributed by atoms with Crippen molar-refractivity contribution in [2.24, 2.45) is 0 Å². The molecule has 0 aromatic carbocycles. The minimum absolute atomic E-state index is 0.121. The van der Waals surface area contributed by atoms with Crippen molar-refractivity contribution in [3.63, 3.8) is 0 Å². The van der Waals surface area contributed by atoms with Crippen molar-refractivity contribution in [3.05, 3.63) is 29.0 Å². The van der Waals surface area contributed by atoms with Crippen LogP contribution in [0.15, 0.2) is 21.9 Å². The summed E-state index contributed by atoms with van der Waals surface area (Å²) in [5, 5.41) is 8.78. The number of carbonyl (C=O) groups excluding carboxylic acids is 1. The number of nitrogens with zero attached hydrogens (tertiary/aromatic N) is 1. The summed E-state index contributed by atoms with van der Waals surface area (Å²) in [6.45, 7) is 3.59. The van der Waals surface area contributed by atoms with E-state index in [0.29, 0.717) is 24.0 Å². The van der Waals surface area contributed by atoms with E-state index in [2.05, 4.69) is 15.6 Å². The molecule has 0 radical (unpaired) electrons. The number of carbonyl (C=O) groups is 1. The summed E-state index contributed by atoms with van der Waals surface area (Å²) in [4.78, 5) is 16.4. The van der Waals surface area contributed by atoms with Gasteiger partial charge in [-0.05, 0) is 38.4 Å². The first-order valence-electron chi connectivity index (χ1n) is 6.76. The summed E-state index contributed by atoms with van der Waals surface area (Å²) in [5.41, 5.74) is 0.456. The molecule has 1 atom stereocenters. The summed E-state index contributed by atoms with van der Waals surface area (Å²) < 4.78 is 5.51. The number of hydrogen-bond acceptors (Lipinski definition) is 5. The van der Waals surface area contributed by atoms with Crippen LogP contribution >= 0.6 is 11.3 Å². The highest BCUT2D eigenvalue weighted by Gasteiger charge is 2.17. The molecule has 3 rings (SSSR count). The van der Waals surface area contributed by atoms with Crippen molar-refractivity contribution in [1.29, 1.82) is 0 Å². The number of rotatable bonds is 4. The third-order valence-electron chi connectivity index (χ3n) is 3.36. The lowest BCUT2D eigenvalue weighted by molar-refractivity contribution is 0.0946. The van der Waals surface area contributed by atoms with Crippen molar-refractivity contribution >= 4 is 17.2 Å². The fourth-order valence-electron chi connectivity index (χ4n) is 2.28. The molecule has 2 aromatic rings. The quantitative estimate of drug-likeness (QED) is 0.906. The number of aryl methyl sites for hydroxylation is 1. The molecule has 1 amide bonds. The van der Waals surface area contributed by atoms with E-state index in [1.165, 1.54) is 17.8 Å². The smallest absolute Gasteiger partial charge is 0.270 e. The molecule has 0 bridgehead atoms. The largest absolute Gasteiger partial charge is 0.459 e. The maximum absolute atomic E-state index is 12.0. The molecular formula is C14H17N3O2S. The van der Waals surface area contributed by atoms with Crippen LogP contribution in [-0.4, -0.2) is 30.0 Å². The maximum atomic E-state index is 12.0. The third kappa shape index (κ3) is 2.91. The maximum Gasteiger partial charge on any atom is 0.270 e. The predicted molar refractivity (Wildman–Crippen MR) is 77.9 cm³/mol. The van der Waals surface area contributed by atoms with Gasteiger partial charge in [0, 0.05) is 18.0 Å². The molecule has 0 spiro atoms. The van der Waals surface area contributed by atoms with Crippen LogP contribution in [0.2, 0.25) is 0 Å². The Labute approximate surface area is 121 Å². The van der Waals surface area contributed by atoms with Gasteiger partial charge in [-0.2, -0.15) is 0 Å². The Balaban J connectivity index is 1.62. The summed E-state index contributed by atoms with van der Waals surface area (Å²) in [7, 11) is 0. The summed E-state index contributed by atoms with van der Waals surface area (Å²) in [5.74, 6) is 1.43. The minimum atomic E-state index is -0.121. The molecule has 2 N–H and O–H groups in total. The van der Waals surface area contributed by atoms with Crippen LogP contribution in [-0.2, 0) is 0 Å². The second-order valence-electron chi connectivity index (χ2n) is 4.95. The van der Waals surface area contributed by atoms with Crippen molar-refractivity contribution in [1.82, 2.24) is 15.6 Å². The van der Waals surface area contributed by atoms with Gasteiger partial charge in [0.25, 0.3) is 5.91 Å². The lowest BCUT2D eigenvalue weighted by atomic mass is 10.2. The molecule has 1 fully saturated rings. The van der Waals surface area contributed by atoms with Crippen molar-refractivity contribution in [2.45, 2.75) is 25.8 Å². The Kier molecular flexibility index (Phi) is 3.84. The lowest BCUT2D eigenvalue weighted by Crippen LogP contribution is -2.37. The molecule has 0 aliphatic carbocycles. The lowest BCUT2D eigenvalue weighted by Gasteiger charge is -2.10. The Morgan fingerprint density at radius 3 is 3.20 bits per heavy atom. The van der Waals surface area contributed by atoms with Crippen LogP contribution in [0, 0.1) is 6.92 Å². The summed E-state index contributed by atoms with van der Waals surface area (Å²) >= 11 is 1.42. The van der Waals surface area contributed by atoms with E-state index in [4.69, 9.17) is 4.42 Å². The molecule has 1 aliphatic heterocycles. The zero-order valence-corrected chi connectivity index (χ0v) is 12.1. The van der Waals surface area contributed by atoms with Gasteiger partial charge in [-0.1, -0.05) is 0 Å². The van der Waals surface area contributed by atoms with Crippen molar-refractivity contribution < 1.29 is 9.21 Å². The van der Waals surface area contributed by atoms with E-state index in [1.807, 2.05) is 19.1 Å². The highest BCUT2D eigenvalue weighted by Crippen LogP contribution is 2.25. The highest BCUT2D eigenvalue weighted by atomic mass is 32.1. The molecule has 2 aromatic heterocycles. The van der Waals surface area contributed by atoms with E-state index in [1.54, 1.807) is 5.38 Å². The van der Waals surface area contributed by atoms with E-state index < -0.39 is 0 Å². The van der Waals surface area contributed by atoms with Crippen molar-refractivity contribution in [3.8, 4) is 10.8 Å². The Hall–Kier alpha value is -1.66. The fraction of sp³-hybridized carbons (Fsp3) is 0.429. The summed E-state index contributed by atoms with van der Waals surface area (Å²) in [6, 6.07) is 4.16. The monoisotopic (exact) mass is 291 g/mol. The zero-order valence-electron chi connectivity index (χ0n) is 11.3. The standard InChI is InChI=1S/C14H17N3O2S/c1-9-4-5-12(19-9)14-17-11(8-20-14)13(18)16-7-10-3-2-6-15-10/h4-5,8,10,15H,2-3,6-7H2,1H3,(H,16,18). The van der Waals surface area contributed by atoms with Gasteiger partial charge < -0.3 is 15.1 Å². The molecule has 1 saturated heterocycles. The number of amides is 1. The van der Waals surface area contributed by atoms with E-state index in [9.17, 15) is 4.79 Å². The van der Waals surface area contributed by atoms with Gasteiger partial charge in [0.2, 0.25) is 0 Å². The second-order valence-corrected chi connectivity index (χ2v) is 5.81. The van der Waals surface area contributed by atoms with E-state index in [0.717, 1.165) is 23.7 Å². The molecular weight excluding hydrogens is 274 g/mol.